The van der Waals surface area contributed by atoms with E-state index < -0.39 is 0 Å². The lowest BCUT2D eigenvalue weighted by molar-refractivity contribution is -0.116. The number of methoxy groups -OCH3 is 1. The predicted octanol–water partition coefficient (Wildman–Crippen LogP) is 3.08. The molecular weight excluding hydrogens is 280 g/mol. The van der Waals surface area contributed by atoms with Crippen LogP contribution in [0.4, 0.5) is 11.4 Å². The zero-order valence-corrected chi connectivity index (χ0v) is 12.5. The highest BCUT2D eigenvalue weighted by Gasteiger charge is 2.08. The van der Waals surface area contributed by atoms with Gasteiger partial charge in [-0.25, -0.2) is 0 Å². The second-order valence-electron chi connectivity index (χ2n) is 4.77. The molecule has 0 aliphatic rings. The number of amides is 1. The van der Waals surface area contributed by atoms with Crippen molar-refractivity contribution in [3.05, 3.63) is 48.5 Å². The van der Waals surface area contributed by atoms with Crippen molar-refractivity contribution >= 4 is 17.3 Å². The third kappa shape index (κ3) is 4.70. The molecular formula is C17H20N2O3. The molecule has 1 amide bonds. The number of hydrogen-bond acceptors (Lipinski definition) is 4. The van der Waals surface area contributed by atoms with Crippen molar-refractivity contribution in [1.82, 2.24) is 0 Å². The quantitative estimate of drug-likeness (QED) is 0.609. The van der Waals surface area contributed by atoms with Crippen molar-refractivity contribution in [3.63, 3.8) is 0 Å². The first-order valence-corrected chi connectivity index (χ1v) is 7.10. The smallest absolute Gasteiger partial charge is 0.224 e. The molecule has 0 aliphatic carbocycles. The fourth-order valence-corrected chi connectivity index (χ4v) is 1.96. The monoisotopic (exact) mass is 300 g/mol. The number of carbonyl (C=O) groups is 1. The van der Waals surface area contributed by atoms with E-state index in [4.69, 9.17) is 15.2 Å². The summed E-state index contributed by atoms with van der Waals surface area (Å²) in [5, 5.41) is 2.81. The van der Waals surface area contributed by atoms with Crippen LogP contribution in [0.5, 0.6) is 11.5 Å². The van der Waals surface area contributed by atoms with E-state index >= 15 is 0 Å². The third-order valence-electron chi connectivity index (χ3n) is 3.06. The lowest BCUT2D eigenvalue weighted by Gasteiger charge is -2.11. The Hall–Kier alpha value is -2.69. The maximum absolute atomic E-state index is 11.9. The van der Waals surface area contributed by atoms with Crippen LogP contribution in [0.3, 0.4) is 0 Å². The van der Waals surface area contributed by atoms with E-state index in [2.05, 4.69) is 5.32 Å². The molecule has 2 rings (SSSR count). The van der Waals surface area contributed by atoms with Crippen LogP contribution in [0.15, 0.2) is 48.5 Å². The fraction of sp³-hybridized carbons (Fsp3) is 0.235. The first-order valence-electron chi connectivity index (χ1n) is 7.10. The number of nitrogens with one attached hydrogen (secondary N) is 1. The summed E-state index contributed by atoms with van der Waals surface area (Å²) in [6.07, 6.45) is 1.01. The number of benzene rings is 2. The summed E-state index contributed by atoms with van der Waals surface area (Å²) in [6, 6.07) is 14.7. The van der Waals surface area contributed by atoms with Gasteiger partial charge in [0, 0.05) is 18.2 Å². The molecule has 5 heteroatoms. The number of hydrogen-bond donors (Lipinski definition) is 2. The van der Waals surface area contributed by atoms with Crippen LogP contribution in [0.1, 0.15) is 12.8 Å². The summed E-state index contributed by atoms with van der Waals surface area (Å²) >= 11 is 0. The van der Waals surface area contributed by atoms with E-state index in [9.17, 15) is 4.79 Å². The van der Waals surface area contributed by atoms with Gasteiger partial charge in [0.1, 0.15) is 11.5 Å². The molecule has 5 nitrogen and oxygen atoms in total. The van der Waals surface area contributed by atoms with Crippen molar-refractivity contribution in [2.45, 2.75) is 12.8 Å². The standard InChI is InChI=1S/C17H20N2O3/c1-21-16-12-13(18)9-10-15(16)19-17(20)8-5-11-22-14-6-3-2-4-7-14/h2-4,6-7,9-10,12H,5,8,11,18H2,1H3,(H,19,20). The molecule has 0 bridgehead atoms. The number of carbonyl (C=O) groups excluding carboxylic acids is 1. The molecule has 0 aromatic heterocycles. The number of ether oxygens (including phenoxy) is 2. The van der Waals surface area contributed by atoms with E-state index in [1.807, 2.05) is 30.3 Å². The predicted molar refractivity (Wildman–Crippen MR) is 87.2 cm³/mol. The van der Waals surface area contributed by atoms with Crippen LogP contribution in [-0.2, 0) is 4.79 Å². The number of para-hydroxylation sites is 1. The minimum Gasteiger partial charge on any atom is -0.494 e. The molecule has 2 aromatic rings. The van der Waals surface area contributed by atoms with E-state index in [-0.39, 0.29) is 5.91 Å². The molecule has 0 saturated heterocycles. The summed E-state index contributed by atoms with van der Waals surface area (Å²) in [7, 11) is 1.54. The number of nitrogens with two attached hydrogens (primary N) is 1. The fourth-order valence-electron chi connectivity index (χ4n) is 1.96. The normalized spacial score (nSPS) is 10.0. The van der Waals surface area contributed by atoms with E-state index in [1.165, 1.54) is 7.11 Å². The number of rotatable bonds is 7. The van der Waals surface area contributed by atoms with Gasteiger partial charge in [0.2, 0.25) is 5.91 Å². The van der Waals surface area contributed by atoms with Crippen LogP contribution in [0, 0.1) is 0 Å². The molecule has 0 atom stereocenters. The molecule has 0 fully saturated rings. The highest BCUT2D eigenvalue weighted by atomic mass is 16.5. The van der Waals surface area contributed by atoms with Crippen molar-refractivity contribution in [3.8, 4) is 11.5 Å². The average molecular weight is 300 g/mol. The Labute approximate surface area is 130 Å². The molecule has 0 radical (unpaired) electrons. The van der Waals surface area contributed by atoms with Gasteiger partial charge in [0.15, 0.2) is 0 Å². The lowest BCUT2D eigenvalue weighted by Crippen LogP contribution is -2.13. The van der Waals surface area contributed by atoms with Gasteiger partial charge in [-0.2, -0.15) is 0 Å². The topological polar surface area (TPSA) is 73.6 Å². The molecule has 0 spiro atoms. The van der Waals surface area contributed by atoms with Crippen LogP contribution in [0.2, 0.25) is 0 Å². The first-order chi connectivity index (χ1) is 10.7. The highest BCUT2D eigenvalue weighted by molar-refractivity contribution is 5.92. The second-order valence-corrected chi connectivity index (χ2v) is 4.77. The van der Waals surface area contributed by atoms with E-state index in [0.717, 1.165) is 5.75 Å². The van der Waals surface area contributed by atoms with Crippen molar-refractivity contribution < 1.29 is 14.3 Å². The van der Waals surface area contributed by atoms with Gasteiger partial charge in [-0.05, 0) is 30.7 Å². The maximum Gasteiger partial charge on any atom is 0.224 e. The Morgan fingerprint density at radius 2 is 1.95 bits per heavy atom. The molecule has 116 valence electrons. The summed E-state index contributed by atoms with van der Waals surface area (Å²) in [5.74, 6) is 1.27. The molecule has 3 N–H and O–H groups in total. The van der Waals surface area contributed by atoms with Gasteiger partial charge >= 0.3 is 0 Å². The first kappa shape index (κ1) is 15.7. The zero-order valence-electron chi connectivity index (χ0n) is 12.5. The molecule has 0 heterocycles. The van der Waals surface area contributed by atoms with Gasteiger partial charge < -0.3 is 20.5 Å². The second kappa shape index (κ2) is 7.93. The average Bonchev–Trinajstić information content (AvgIpc) is 2.54. The van der Waals surface area contributed by atoms with E-state index in [0.29, 0.717) is 36.6 Å². The van der Waals surface area contributed by atoms with Gasteiger partial charge in [-0.15, -0.1) is 0 Å². The SMILES string of the molecule is COc1cc(N)ccc1NC(=O)CCCOc1ccccc1. The molecule has 0 saturated carbocycles. The van der Waals surface area contributed by atoms with Crippen LogP contribution >= 0.6 is 0 Å². The third-order valence-corrected chi connectivity index (χ3v) is 3.06. The Balaban J connectivity index is 1.76. The lowest BCUT2D eigenvalue weighted by atomic mass is 10.2. The maximum atomic E-state index is 11.9. The Kier molecular flexibility index (Phi) is 5.65. The minimum absolute atomic E-state index is 0.0836. The molecule has 0 unspecified atom stereocenters. The molecule has 22 heavy (non-hydrogen) atoms. The largest absolute Gasteiger partial charge is 0.494 e. The zero-order chi connectivity index (χ0) is 15.8. The van der Waals surface area contributed by atoms with Gasteiger partial charge in [-0.3, -0.25) is 4.79 Å². The van der Waals surface area contributed by atoms with Crippen molar-refractivity contribution in [1.29, 1.82) is 0 Å². The van der Waals surface area contributed by atoms with Crippen LogP contribution < -0.4 is 20.5 Å². The van der Waals surface area contributed by atoms with Gasteiger partial charge in [0.25, 0.3) is 0 Å². The Morgan fingerprint density at radius 1 is 1.18 bits per heavy atom. The molecule has 2 aromatic carbocycles. The summed E-state index contributed by atoms with van der Waals surface area (Å²) in [5.41, 5.74) is 6.88. The van der Waals surface area contributed by atoms with Crippen LogP contribution in [0.25, 0.3) is 0 Å². The summed E-state index contributed by atoms with van der Waals surface area (Å²) in [4.78, 5) is 11.9. The van der Waals surface area contributed by atoms with Gasteiger partial charge in [0.05, 0.1) is 19.4 Å². The highest BCUT2D eigenvalue weighted by Crippen LogP contribution is 2.26. The Morgan fingerprint density at radius 3 is 2.68 bits per heavy atom. The Bertz CT molecular complexity index is 615. The van der Waals surface area contributed by atoms with E-state index in [1.54, 1.807) is 18.2 Å². The summed E-state index contributed by atoms with van der Waals surface area (Å²) in [6.45, 7) is 0.496. The number of nitrogen functional groups attached to an aromatic ring is 1. The molecule has 0 aliphatic heterocycles. The van der Waals surface area contributed by atoms with Gasteiger partial charge in [-0.1, -0.05) is 18.2 Å². The minimum atomic E-state index is -0.0836. The van der Waals surface area contributed by atoms with Crippen molar-refractivity contribution in [2.24, 2.45) is 0 Å². The number of anilines is 2. The summed E-state index contributed by atoms with van der Waals surface area (Å²) < 4.78 is 10.7. The van der Waals surface area contributed by atoms with Crippen LogP contribution in [-0.4, -0.2) is 19.6 Å². The van der Waals surface area contributed by atoms with Crippen molar-refractivity contribution in [2.75, 3.05) is 24.8 Å².